The SMILES string of the molecule is CCN(CC)c1ccc(/C=N\NC(=O)[C@@H](c2ccncc2)[NH+]2CCOCC2)cc1. The van der Waals surface area contributed by atoms with Crippen molar-refractivity contribution in [3.05, 3.63) is 59.9 Å². The summed E-state index contributed by atoms with van der Waals surface area (Å²) in [4.78, 5) is 20.5. The lowest BCUT2D eigenvalue weighted by Crippen LogP contribution is -3.15. The zero-order valence-electron chi connectivity index (χ0n) is 17.2. The molecule has 2 N–H and O–H groups in total. The van der Waals surface area contributed by atoms with E-state index in [2.05, 4.69) is 46.4 Å². The number of anilines is 1. The topological polar surface area (TPSA) is 71.3 Å². The van der Waals surface area contributed by atoms with Gasteiger partial charge in [-0.05, 0) is 43.7 Å². The van der Waals surface area contributed by atoms with Gasteiger partial charge < -0.3 is 14.5 Å². The highest BCUT2D eigenvalue weighted by molar-refractivity contribution is 5.85. The van der Waals surface area contributed by atoms with Gasteiger partial charge >= 0.3 is 5.91 Å². The molecule has 0 spiro atoms. The van der Waals surface area contributed by atoms with Crippen LogP contribution in [0.3, 0.4) is 0 Å². The molecule has 1 aliphatic heterocycles. The van der Waals surface area contributed by atoms with Crippen LogP contribution in [0, 0.1) is 0 Å². The number of pyridine rings is 1. The van der Waals surface area contributed by atoms with Crippen molar-refractivity contribution in [2.45, 2.75) is 19.9 Å². The van der Waals surface area contributed by atoms with Crippen LogP contribution < -0.4 is 15.2 Å². The summed E-state index contributed by atoms with van der Waals surface area (Å²) < 4.78 is 5.45. The minimum atomic E-state index is -0.330. The van der Waals surface area contributed by atoms with Crippen LogP contribution in [0.2, 0.25) is 0 Å². The molecule has 1 aromatic carbocycles. The third-order valence-electron chi connectivity index (χ3n) is 5.25. The molecule has 1 amide bonds. The monoisotopic (exact) mass is 396 g/mol. The maximum absolute atomic E-state index is 12.9. The predicted octanol–water partition coefficient (Wildman–Crippen LogP) is 1.03. The number of carbonyl (C=O) groups is 1. The summed E-state index contributed by atoms with van der Waals surface area (Å²) in [5, 5.41) is 4.20. The van der Waals surface area contributed by atoms with Gasteiger partial charge in [0.2, 0.25) is 0 Å². The zero-order chi connectivity index (χ0) is 20.5. The van der Waals surface area contributed by atoms with Crippen LogP contribution in [0.15, 0.2) is 53.9 Å². The lowest BCUT2D eigenvalue weighted by atomic mass is 10.1. The summed E-state index contributed by atoms with van der Waals surface area (Å²) in [5.74, 6) is -0.121. The number of nitrogens with zero attached hydrogens (tertiary/aromatic N) is 3. The molecule has 0 bridgehead atoms. The fourth-order valence-electron chi connectivity index (χ4n) is 3.65. The molecule has 29 heavy (non-hydrogen) atoms. The third-order valence-corrected chi connectivity index (χ3v) is 5.25. The van der Waals surface area contributed by atoms with Crippen molar-refractivity contribution >= 4 is 17.8 Å². The second kappa shape index (κ2) is 10.7. The standard InChI is InChI=1S/C22H29N5O2/c1-3-26(4-2)20-7-5-18(6-8-20)17-24-25-22(28)21(19-9-11-23-12-10-19)27-13-15-29-16-14-27/h5-12,17,21H,3-4,13-16H2,1-2H3,(H,25,28)/p+1/b24-17-/t21-/m1/s1. The van der Waals surface area contributed by atoms with Gasteiger partial charge in [-0.1, -0.05) is 12.1 Å². The highest BCUT2D eigenvalue weighted by Gasteiger charge is 2.32. The number of aromatic nitrogens is 1. The summed E-state index contributed by atoms with van der Waals surface area (Å²) in [6.45, 7) is 9.13. The van der Waals surface area contributed by atoms with Gasteiger partial charge in [0.15, 0.2) is 6.04 Å². The molecular formula is C22H30N5O2+. The number of nitrogens with one attached hydrogen (secondary N) is 2. The molecule has 154 valence electrons. The summed E-state index contributed by atoms with van der Waals surface area (Å²) >= 11 is 0. The maximum atomic E-state index is 12.9. The summed E-state index contributed by atoms with van der Waals surface area (Å²) in [7, 11) is 0. The average molecular weight is 397 g/mol. The van der Waals surface area contributed by atoms with Crippen molar-refractivity contribution in [2.24, 2.45) is 5.10 Å². The van der Waals surface area contributed by atoms with Crippen LogP contribution in [-0.4, -0.2) is 56.5 Å². The highest BCUT2D eigenvalue weighted by atomic mass is 16.5. The van der Waals surface area contributed by atoms with Gasteiger partial charge in [0, 0.05) is 36.7 Å². The highest BCUT2D eigenvalue weighted by Crippen LogP contribution is 2.14. The molecule has 0 unspecified atom stereocenters. The number of hydrogen-bond donors (Lipinski definition) is 2. The number of morpholine rings is 1. The molecule has 2 aromatic rings. The molecule has 7 heteroatoms. The lowest BCUT2D eigenvalue weighted by molar-refractivity contribution is -0.929. The molecule has 7 nitrogen and oxygen atoms in total. The van der Waals surface area contributed by atoms with E-state index in [0.29, 0.717) is 13.2 Å². The van der Waals surface area contributed by atoms with Crippen LogP contribution in [0.5, 0.6) is 0 Å². The minimum absolute atomic E-state index is 0.121. The second-order valence-electron chi connectivity index (χ2n) is 6.98. The molecule has 1 fully saturated rings. The van der Waals surface area contributed by atoms with Crippen molar-refractivity contribution in [3.8, 4) is 0 Å². The molecule has 0 radical (unpaired) electrons. The van der Waals surface area contributed by atoms with Gasteiger partial charge in [-0.3, -0.25) is 9.78 Å². The van der Waals surface area contributed by atoms with E-state index in [4.69, 9.17) is 4.74 Å². The zero-order valence-corrected chi connectivity index (χ0v) is 17.2. The van der Waals surface area contributed by atoms with E-state index in [9.17, 15) is 4.79 Å². The van der Waals surface area contributed by atoms with Crippen LogP contribution in [0.4, 0.5) is 5.69 Å². The lowest BCUT2D eigenvalue weighted by Gasteiger charge is -2.30. The quantitative estimate of drug-likeness (QED) is 0.517. The van der Waals surface area contributed by atoms with E-state index < -0.39 is 0 Å². The molecule has 2 heterocycles. The Balaban J connectivity index is 1.66. The average Bonchev–Trinajstić information content (AvgIpc) is 2.77. The van der Waals surface area contributed by atoms with Crippen LogP contribution in [0.25, 0.3) is 0 Å². The predicted molar refractivity (Wildman–Crippen MR) is 114 cm³/mol. The van der Waals surface area contributed by atoms with Crippen molar-refractivity contribution in [1.82, 2.24) is 10.4 Å². The molecule has 0 aliphatic carbocycles. The molecular weight excluding hydrogens is 366 g/mol. The Hall–Kier alpha value is -2.77. The van der Waals surface area contributed by atoms with Gasteiger partial charge in [-0.15, -0.1) is 0 Å². The summed E-state index contributed by atoms with van der Waals surface area (Å²) in [6.07, 6.45) is 5.12. The minimum Gasteiger partial charge on any atom is -0.372 e. The van der Waals surface area contributed by atoms with E-state index in [1.54, 1.807) is 18.6 Å². The number of rotatable bonds is 8. The first-order valence-corrected chi connectivity index (χ1v) is 10.2. The first kappa shape index (κ1) is 21.0. The number of hydrogen-bond acceptors (Lipinski definition) is 5. The first-order chi connectivity index (χ1) is 14.2. The molecule has 1 saturated heterocycles. The summed E-state index contributed by atoms with van der Waals surface area (Å²) in [5.41, 5.74) is 5.79. The van der Waals surface area contributed by atoms with Crippen LogP contribution >= 0.6 is 0 Å². The Labute approximate surface area is 172 Å². The van der Waals surface area contributed by atoms with E-state index in [0.717, 1.165) is 37.3 Å². The number of hydrazone groups is 1. The van der Waals surface area contributed by atoms with Gasteiger partial charge in [0.25, 0.3) is 0 Å². The van der Waals surface area contributed by atoms with Crippen molar-refractivity contribution in [2.75, 3.05) is 44.3 Å². The Kier molecular flexibility index (Phi) is 7.72. The van der Waals surface area contributed by atoms with E-state index in [1.807, 2.05) is 24.3 Å². The molecule has 3 rings (SSSR count). The Morgan fingerprint density at radius 2 is 1.83 bits per heavy atom. The van der Waals surface area contributed by atoms with Gasteiger partial charge in [-0.2, -0.15) is 5.10 Å². The van der Waals surface area contributed by atoms with Gasteiger partial charge in [-0.25, -0.2) is 5.43 Å². The fourth-order valence-corrected chi connectivity index (χ4v) is 3.65. The largest absolute Gasteiger partial charge is 0.372 e. The number of benzene rings is 1. The Bertz CT molecular complexity index is 785. The third kappa shape index (κ3) is 5.62. The number of ether oxygens (including phenoxy) is 1. The first-order valence-electron chi connectivity index (χ1n) is 10.2. The van der Waals surface area contributed by atoms with Crippen LogP contribution in [-0.2, 0) is 9.53 Å². The smallest absolute Gasteiger partial charge is 0.303 e. The van der Waals surface area contributed by atoms with Crippen LogP contribution in [0.1, 0.15) is 31.0 Å². The van der Waals surface area contributed by atoms with Crippen molar-refractivity contribution in [3.63, 3.8) is 0 Å². The fraction of sp³-hybridized carbons (Fsp3) is 0.409. The van der Waals surface area contributed by atoms with E-state index >= 15 is 0 Å². The van der Waals surface area contributed by atoms with Gasteiger partial charge in [0.1, 0.15) is 13.1 Å². The number of quaternary nitrogens is 1. The number of carbonyl (C=O) groups excluding carboxylic acids is 1. The van der Waals surface area contributed by atoms with Crippen molar-refractivity contribution in [1.29, 1.82) is 0 Å². The van der Waals surface area contributed by atoms with Gasteiger partial charge in [0.05, 0.1) is 19.4 Å². The normalized spacial score (nSPS) is 15.9. The molecule has 1 aromatic heterocycles. The summed E-state index contributed by atoms with van der Waals surface area (Å²) in [6, 6.07) is 11.6. The maximum Gasteiger partial charge on any atom is 0.303 e. The number of amides is 1. The molecule has 0 saturated carbocycles. The Morgan fingerprint density at radius 1 is 1.17 bits per heavy atom. The second-order valence-corrected chi connectivity index (χ2v) is 6.98. The van der Waals surface area contributed by atoms with E-state index in [-0.39, 0.29) is 11.9 Å². The Morgan fingerprint density at radius 3 is 2.45 bits per heavy atom. The molecule has 1 aliphatic rings. The van der Waals surface area contributed by atoms with E-state index in [1.165, 1.54) is 10.6 Å². The molecule has 1 atom stereocenters. The van der Waals surface area contributed by atoms with Crippen molar-refractivity contribution < 1.29 is 14.4 Å².